The van der Waals surface area contributed by atoms with E-state index in [-0.39, 0.29) is 24.3 Å². The van der Waals surface area contributed by atoms with Crippen LogP contribution in [0.1, 0.15) is 19.4 Å². The van der Waals surface area contributed by atoms with Gasteiger partial charge >= 0.3 is 0 Å². The normalized spacial score (nSPS) is 16.6. The van der Waals surface area contributed by atoms with Gasteiger partial charge < -0.3 is 19.7 Å². The molecule has 7 heteroatoms. The van der Waals surface area contributed by atoms with Crippen molar-refractivity contribution in [2.75, 3.05) is 32.9 Å². The minimum Gasteiger partial charge on any atom is -0.484 e. The fourth-order valence-electron chi connectivity index (χ4n) is 4.28. The van der Waals surface area contributed by atoms with Gasteiger partial charge in [-0.15, -0.1) is 0 Å². The first kappa shape index (κ1) is 23.7. The molecule has 2 heterocycles. The van der Waals surface area contributed by atoms with Gasteiger partial charge in [-0.1, -0.05) is 36.4 Å². The van der Waals surface area contributed by atoms with Crippen molar-refractivity contribution in [3.63, 3.8) is 0 Å². The first-order valence-electron chi connectivity index (χ1n) is 11.6. The number of benzene rings is 2. The largest absolute Gasteiger partial charge is 0.484 e. The van der Waals surface area contributed by atoms with Crippen LogP contribution >= 0.6 is 0 Å². The Morgan fingerprint density at radius 3 is 2.79 bits per heavy atom. The molecule has 34 heavy (non-hydrogen) atoms. The number of carbonyl (C=O) groups excluding carboxylic acids is 2. The van der Waals surface area contributed by atoms with E-state index < -0.39 is 5.54 Å². The molecule has 0 aliphatic carbocycles. The lowest BCUT2D eigenvalue weighted by atomic mass is 9.96. The number of hydrogen-bond donors (Lipinski definition) is 1. The topological polar surface area (TPSA) is 80.8 Å². The van der Waals surface area contributed by atoms with Gasteiger partial charge in [-0.05, 0) is 49.4 Å². The van der Waals surface area contributed by atoms with Crippen LogP contribution in [0.15, 0.2) is 67.0 Å². The van der Waals surface area contributed by atoms with Crippen molar-refractivity contribution in [1.82, 2.24) is 15.2 Å². The molecule has 4 rings (SSSR count). The number of amides is 2. The van der Waals surface area contributed by atoms with Gasteiger partial charge in [0.05, 0.1) is 13.2 Å². The van der Waals surface area contributed by atoms with Gasteiger partial charge in [0, 0.05) is 36.8 Å². The van der Waals surface area contributed by atoms with E-state index in [1.165, 1.54) is 5.56 Å². The average Bonchev–Trinajstić information content (AvgIpc) is 3.08. The number of ether oxygens (including phenoxy) is 2. The molecule has 1 aromatic heterocycles. The molecule has 2 amide bonds. The van der Waals surface area contributed by atoms with Crippen LogP contribution in [0.5, 0.6) is 5.75 Å². The summed E-state index contributed by atoms with van der Waals surface area (Å²) in [6.45, 7) is 5.46. The smallest absolute Gasteiger partial charge is 0.258 e. The summed E-state index contributed by atoms with van der Waals surface area (Å²) in [5.41, 5.74) is 0.148. The van der Waals surface area contributed by atoms with Crippen LogP contribution in [0.4, 0.5) is 0 Å². The lowest BCUT2D eigenvalue weighted by Gasteiger charge is -2.33. The van der Waals surface area contributed by atoms with Crippen LogP contribution < -0.4 is 10.1 Å². The third-order valence-electron chi connectivity index (χ3n) is 5.95. The van der Waals surface area contributed by atoms with Gasteiger partial charge in [0.15, 0.2) is 6.61 Å². The van der Waals surface area contributed by atoms with Crippen LogP contribution in [-0.2, 0) is 20.7 Å². The standard InChI is InChI=1S/C27H31N3O4/c1-27(2,29-25(31)19-34-24-6-4-3-5-7-24)26(32)30-12-13-33-18-21(17-30)14-20-8-9-23-16-28-11-10-22(23)15-20/h3-11,15-16,21H,12-14,17-19H2,1-2H3,(H,29,31)/t21-/m1/s1. The summed E-state index contributed by atoms with van der Waals surface area (Å²) in [4.78, 5) is 31.8. The first-order valence-corrected chi connectivity index (χ1v) is 11.6. The number of pyridine rings is 1. The van der Waals surface area contributed by atoms with Crippen LogP contribution in [-0.4, -0.2) is 60.1 Å². The second-order valence-corrected chi connectivity index (χ2v) is 9.23. The molecular formula is C27H31N3O4. The summed E-state index contributed by atoms with van der Waals surface area (Å²) in [6.07, 6.45) is 4.46. The molecule has 0 unspecified atom stereocenters. The van der Waals surface area contributed by atoms with Crippen molar-refractivity contribution in [2.24, 2.45) is 5.92 Å². The van der Waals surface area contributed by atoms with Crippen molar-refractivity contribution < 1.29 is 19.1 Å². The minimum absolute atomic E-state index is 0.124. The zero-order valence-corrected chi connectivity index (χ0v) is 19.7. The monoisotopic (exact) mass is 461 g/mol. The summed E-state index contributed by atoms with van der Waals surface area (Å²) in [7, 11) is 0. The summed E-state index contributed by atoms with van der Waals surface area (Å²) < 4.78 is 11.3. The molecule has 1 aliphatic rings. The predicted octanol–water partition coefficient (Wildman–Crippen LogP) is 3.23. The Morgan fingerprint density at radius 2 is 1.97 bits per heavy atom. The Labute approximate surface area is 200 Å². The van der Waals surface area contributed by atoms with Crippen molar-refractivity contribution in [2.45, 2.75) is 25.8 Å². The molecule has 0 bridgehead atoms. The van der Waals surface area contributed by atoms with Crippen molar-refractivity contribution in [3.05, 3.63) is 72.6 Å². The van der Waals surface area contributed by atoms with Crippen LogP contribution in [0.2, 0.25) is 0 Å². The highest BCUT2D eigenvalue weighted by atomic mass is 16.5. The number of aromatic nitrogens is 1. The number of nitrogens with one attached hydrogen (secondary N) is 1. The average molecular weight is 462 g/mol. The highest BCUT2D eigenvalue weighted by Gasteiger charge is 2.35. The fraction of sp³-hybridized carbons (Fsp3) is 0.370. The van der Waals surface area contributed by atoms with Crippen LogP contribution in [0, 0.1) is 5.92 Å². The summed E-state index contributed by atoms with van der Waals surface area (Å²) in [6, 6.07) is 17.5. The van der Waals surface area contributed by atoms with E-state index in [1.54, 1.807) is 37.1 Å². The zero-order valence-electron chi connectivity index (χ0n) is 19.7. The highest BCUT2D eigenvalue weighted by molar-refractivity contribution is 5.91. The molecule has 0 spiro atoms. The van der Waals surface area contributed by atoms with E-state index in [9.17, 15) is 9.59 Å². The van der Waals surface area contributed by atoms with E-state index in [0.717, 1.165) is 17.2 Å². The van der Waals surface area contributed by atoms with Gasteiger partial charge in [-0.2, -0.15) is 0 Å². The Morgan fingerprint density at radius 1 is 1.15 bits per heavy atom. The molecule has 1 atom stereocenters. The Kier molecular flexibility index (Phi) is 7.43. The molecule has 178 valence electrons. The quantitative estimate of drug-likeness (QED) is 0.584. The lowest BCUT2D eigenvalue weighted by Crippen LogP contribution is -2.57. The Bertz CT molecular complexity index is 1130. The van der Waals surface area contributed by atoms with Crippen molar-refractivity contribution in [1.29, 1.82) is 0 Å². The van der Waals surface area contributed by atoms with Crippen molar-refractivity contribution >= 4 is 22.6 Å². The number of para-hydroxylation sites is 1. The van der Waals surface area contributed by atoms with Crippen LogP contribution in [0.25, 0.3) is 10.8 Å². The molecule has 1 fully saturated rings. The SMILES string of the molecule is CC(C)(NC(=O)COc1ccccc1)C(=O)N1CCOC[C@H](Cc2ccc3cnccc3c2)C1. The molecular weight excluding hydrogens is 430 g/mol. The predicted molar refractivity (Wildman–Crippen MR) is 130 cm³/mol. The third kappa shape index (κ3) is 6.11. The molecule has 7 nitrogen and oxygen atoms in total. The second-order valence-electron chi connectivity index (χ2n) is 9.23. The molecule has 1 saturated heterocycles. The van der Waals surface area contributed by atoms with Gasteiger partial charge in [-0.3, -0.25) is 14.6 Å². The maximum Gasteiger partial charge on any atom is 0.258 e. The van der Waals surface area contributed by atoms with E-state index >= 15 is 0 Å². The fourth-order valence-corrected chi connectivity index (χ4v) is 4.28. The molecule has 1 N–H and O–H groups in total. The second kappa shape index (κ2) is 10.7. The van der Waals surface area contributed by atoms with Crippen LogP contribution in [0.3, 0.4) is 0 Å². The minimum atomic E-state index is -1.05. The van der Waals surface area contributed by atoms with Crippen molar-refractivity contribution in [3.8, 4) is 5.75 Å². The van der Waals surface area contributed by atoms with Gasteiger partial charge in [0.2, 0.25) is 5.91 Å². The number of nitrogens with zero attached hydrogens (tertiary/aromatic N) is 2. The third-order valence-corrected chi connectivity index (χ3v) is 5.95. The molecule has 0 radical (unpaired) electrons. The zero-order chi connectivity index (χ0) is 24.0. The van der Waals surface area contributed by atoms with Gasteiger partial charge in [-0.25, -0.2) is 0 Å². The lowest BCUT2D eigenvalue weighted by molar-refractivity contribution is -0.141. The number of hydrogen-bond acceptors (Lipinski definition) is 5. The molecule has 3 aromatic rings. The van der Waals surface area contributed by atoms with E-state index in [2.05, 4.69) is 28.5 Å². The van der Waals surface area contributed by atoms with Gasteiger partial charge in [0.1, 0.15) is 11.3 Å². The maximum atomic E-state index is 13.4. The highest BCUT2D eigenvalue weighted by Crippen LogP contribution is 2.20. The Balaban J connectivity index is 1.36. The molecule has 0 saturated carbocycles. The number of rotatable bonds is 7. The van der Waals surface area contributed by atoms with E-state index in [4.69, 9.17) is 9.47 Å². The summed E-state index contributed by atoms with van der Waals surface area (Å²) in [5.74, 6) is 0.314. The number of fused-ring (bicyclic) bond motifs is 1. The summed E-state index contributed by atoms with van der Waals surface area (Å²) >= 11 is 0. The Hall–Kier alpha value is -3.45. The van der Waals surface area contributed by atoms with Gasteiger partial charge in [0.25, 0.3) is 5.91 Å². The molecule has 1 aliphatic heterocycles. The number of carbonyl (C=O) groups is 2. The summed E-state index contributed by atoms with van der Waals surface area (Å²) in [5, 5.41) is 5.08. The molecule has 2 aromatic carbocycles. The maximum absolute atomic E-state index is 13.4. The van der Waals surface area contributed by atoms with E-state index in [1.807, 2.05) is 30.5 Å². The van der Waals surface area contributed by atoms with E-state index in [0.29, 0.717) is 32.1 Å². The first-order chi connectivity index (χ1) is 16.4.